The molecule has 2 aromatic rings. The first kappa shape index (κ1) is 19.2. The zero-order chi connectivity index (χ0) is 19.7. The van der Waals surface area contributed by atoms with E-state index < -0.39 is 20.1 Å². The summed E-state index contributed by atoms with van der Waals surface area (Å²) in [5.41, 5.74) is 0. The number of carbonyl (C=O) groups is 1. The monoisotopic (exact) mass is 408 g/mol. The van der Waals surface area contributed by atoms with Crippen molar-refractivity contribution in [1.29, 1.82) is 0 Å². The molecule has 0 aliphatic carbocycles. The van der Waals surface area contributed by atoms with E-state index in [1.165, 1.54) is 38.5 Å². The number of thiol groups is 1. The average Bonchev–Trinajstić information content (AvgIpc) is 3.03. The number of methoxy groups -OCH3 is 2. The fourth-order valence-corrected chi connectivity index (χ4v) is 4.13. The lowest BCUT2D eigenvalue weighted by Gasteiger charge is -2.17. The Labute approximate surface area is 160 Å². The van der Waals surface area contributed by atoms with Crippen LogP contribution in [0.1, 0.15) is 0 Å². The van der Waals surface area contributed by atoms with Gasteiger partial charge in [-0.15, -0.1) is 12.6 Å². The van der Waals surface area contributed by atoms with Gasteiger partial charge in [0.1, 0.15) is 11.5 Å². The number of fused-ring (bicyclic) bond motifs is 1. The minimum absolute atomic E-state index is 0.0322. The van der Waals surface area contributed by atoms with Crippen LogP contribution in [0.15, 0.2) is 57.3 Å². The van der Waals surface area contributed by atoms with Crippen LogP contribution in [-0.4, -0.2) is 39.5 Å². The van der Waals surface area contributed by atoms with Crippen molar-refractivity contribution in [3.63, 3.8) is 0 Å². The van der Waals surface area contributed by atoms with Gasteiger partial charge in [-0.1, -0.05) is 0 Å². The minimum atomic E-state index is -4.04. The molecule has 142 valence electrons. The topological polar surface area (TPSA) is 104 Å². The number of rotatable bonds is 6. The highest BCUT2D eigenvalue weighted by atomic mass is 32.2. The molecule has 27 heavy (non-hydrogen) atoms. The normalized spacial score (nSPS) is 18.0. The van der Waals surface area contributed by atoms with E-state index in [2.05, 4.69) is 27.4 Å². The Balaban J connectivity index is 1.90. The van der Waals surface area contributed by atoms with E-state index in [1.807, 2.05) is 0 Å². The molecule has 0 spiro atoms. The molecule has 0 saturated carbocycles. The van der Waals surface area contributed by atoms with Crippen LogP contribution in [0, 0.1) is 0 Å². The first-order chi connectivity index (χ1) is 12.8. The van der Waals surface area contributed by atoms with E-state index in [-0.39, 0.29) is 11.5 Å². The van der Waals surface area contributed by atoms with Gasteiger partial charge in [0.2, 0.25) is 9.84 Å². The van der Waals surface area contributed by atoms with Gasteiger partial charge >= 0.3 is 10.3 Å². The number of sulfone groups is 1. The lowest BCUT2D eigenvalue weighted by molar-refractivity contribution is -0.142. The standard InChI is InChI=1S/C17H16N2O6S2/c1-23-12-5-8-14-15(9-12)19-17(26,18-14)27(21,22)13-6-3-11(4-7-13)25-10-16(20)24-2/h3-9,26H,10H2,1-2H3. The maximum absolute atomic E-state index is 13.0. The molecule has 3 rings (SSSR count). The summed E-state index contributed by atoms with van der Waals surface area (Å²) in [4.78, 5) is 19.4. The molecule has 1 aliphatic rings. The number of hydrogen-bond donors (Lipinski definition) is 1. The zero-order valence-electron chi connectivity index (χ0n) is 14.4. The Morgan fingerprint density at radius 3 is 2.30 bits per heavy atom. The predicted molar refractivity (Wildman–Crippen MR) is 98.2 cm³/mol. The second-order valence-electron chi connectivity index (χ2n) is 5.49. The third kappa shape index (κ3) is 3.62. The number of carbonyl (C=O) groups excluding carboxylic acids is 1. The van der Waals surface area contributed by atoms with Gasteiger partial charge in [0, 0.05) is 6.07 Å². The van der Waals surface area contributed by atoms with Gasteiger partial charge in [0.25, 0.3) is 0 Å². The van der Waals surface area contributed by atoms with Crippen molar-refractivity contribution in [2.75, 3.05) is 20.8 Å². The van der Waals surface area contributed by atoms with Gasteiger partial charge in [0.05, 0.1) is 29.8 Å². The highest BCUT2D eigenvalue weighted by Gasteiger charge is 2.43. The second-order valence-corrected chi connectivity index (χ2v) is 8.47. The van der Waals surface area contributed by atoms with Crippen LogP contribution in [0.2, 0.25) is 0 Å². The van der Waals surface area contributed by atoms with E-state index in [0.29, 0.717) is 22.2 Å². The maximum atomic E-state index is 13.0. The van der Waals surface area contributed by atoms with Crippen molar-refractivity contribution in [1.82, 2.24) is 0 Å². The van der Waals surface area contributed by atoms with Crippen LogP contribution in [-0.2, 0) is 19.4 Å². The molecular weight excluding hydrogens is 392 g/mol. The van der Waals surface area contributed by atoms with Crippen molar-refractivity contribution in [3.8, 4) is 11.5 Å². The highest BCUT2D eigenvalue weighted by Crippen LogP contribution is 2.33. The first-order valence-electron chi connectivity index (χ1n) is 7.69. The van der Waals surface area contributed by atoms with Gasteiger partial charge in [-0.05, 0) is 36.4 Å². The summed E-state index contributed by atoms with van der Waals surface area (Å²) in [5, 5.41) is 0.790. The van der Waals surface area contributed by atoms with Crippen molar-refractivity contribution < 1.29 is 27.4 Å². The summed E-state index contributed by atoms with van der Waals surface area (Å²) in [6.45, 7) is -0.277. The van der Waals surface area contributed by atoms with Gasteiger partial charge in [-0.2, -0.15) is 0 Å². The lowest BCUT2D eigenvalue weighted by atomic mass is 10.3. The van der Waals surface area contributed by atoms with E-state index in [0.717, 1.165) is 0 Å². The Kier molecular flexibility index (Phi) is 5.11. The molecular formula is C17H16N2O6S2. The maximum Gasteiger partial charge on any atom is 0.343 e. The fourth-order valence-electron chi connectivity index (χ4n) is 2.35. The molecule has 1 aliphatic heterocycles. The van der Waals surface area contributed by atoms with Crippen molar-refractivity contribution in [2.45, 2.75) is 9.22 Å². The molecule has 1 unspecified atom stereocenters. The molecule has 1 atom stereocenters. The van der Waals surface area contributed by atoms with Crippen molar-refractivity contribution in [2.24, 2.45) is 9.98 Å². The second kappa shape index (κ2) is 7.20. The summed E-state index contributed by atoms with van der Waals surface area (Å²) >= 11 is 4.23. The summed E-state index contributed by atoms with van der Waals surface area (Å²) in [6.07, 6.45) is 0. The number of benzene rings is 2. The molecule has 0 bridgehead atoms. The molecule has 1 heterocycles. The van der Waals surface area contributed by atoms with Gasteiger partial charge in [0.15, 0.2) is 6.61 Å². The van der Waals surface area contributed by atoms with E-state index in [4.69, 9.17) is 9.47 Å². The SMILES string of the molecule is COC(=O)COc1ccc(S(=O)(=O)C2(S)N=c3ccc(OC)cc3=N2)cc1. The Morgan fingerprint density at radius 1 is 1.04 bits per heavy atom. The summed E-state index contributed by atoms with van der Waals surface area (Å²) in [5.74, 6) is 0.313. The molecule has 0 fully saturated rings. The smallest absolute Gasteiger partial charge is 0.343 e. The molecule has 0 saturated heterocycles. The van der Waals surface area contributed by atoms with Crippen molar-refractivity contribution >= 4 is 28.4 Å². The number of hydrogen-bond acceptors (Lipinski definition) is 9. The van der Waals surface area contributed by atoms with E-state index >= 15 is 0 Å². The minimum Gasteiger partial charge on any atom is -0.497 e. The number of ether oxygens (including phenoxy) is 3. The van der Waals surface area contributed by atoms with E-state index in [1.54, 1.807) is 18.2 Å². The van der Waals surface area contributed by atoms with Gasteiger partial charge in [-0.25, -0.2) is 23.2 Å². The van der Waals surface area contributed by atoms with Crippen LogP contribution in [0.5, 0.6) is 11.5 Å². The number of esters is 1. The quantitative estimate of drug-likeness (QED) is 0.552. The first-order valence-corrected chi connectivity index (χ1v) is 9.62. The highest BCUT2D eigenvalue weighted by molar-refractivity contribution is 8.06. The van der Waals surface area contributed by atoms with E-state index in [9.17, 15) is 13.2 Å². The molecule has 0 amide bonds. The van der Waals surface area contributed by atoms with Gasteiger partial charge < -0.3 is 14.2 Å². The lowest BCUT2D eigenvalue weighted by Crippen LogP contribution is -2.28. The van der Waals surface area contributed by atoms with Crippen LogP contribution in [0.4, 0.5) is 0 Å². The third-order valence-corrected chi connectivity index (χ3v) is 6.51. The Hall–Kier alpha value is -2.59. The fraction of sp³-hybridized carbons (Fsp3) is 0.235. The molecule has 8 nitrogen and oxygen atoms in total. The van der Waals surface area contributed by atoms with Gasteiger partial charge in [-0.3, -0.25) is 0 Å². The third-order valence-electron chi connectivity index (χ3n) is 3.79. The van der Waals surface area contributed by atoms with Crippen LogP contribution < -0.4 is 20.2 Å². The summed E-state index contributed by atoms with van der Waals surface area (Å²) < 4.78 is 38.8. The van der Waals surface area contributed by atoms with Crippen LogP contribution in [0.3, 0.4) is 0 Å². The predicted octanol–water partition coefficient (Wildman–Crippen LogP) is 0.515. The average molecular weight is 408 g/mol. The molecule has 0 N–H and O–H groups in total. The molecule has 0 aromatic heterocycles. The van der Waals surface area contributed by atoms with Crippen LogP contribution >= 0.6 is 12.6 Å². The Bertz CT molecular complexity index is 1100. The zero-order valence-corrected chi connectivity index (χ0v) is 16.2. The molecule has 10 heteroatoms. The summed E-state index contributed by atoms with van der Waals surface area (Å²) in [6, 6.07) is 10.4. The molecule has 2 aromatic carbocycles. The largest absolute Gasteiger partial charge is 0.497 e. The number of nitrogens with zero attached hydrogens (tertiary/aromatic N) is 2. The Morgan fingerprint density at radius 2 is 1.67 bits per heavy atom. The molecule has 0 radical (unpaired) electrons. The van der Waals surface area contributed by atoms with Crippen LogP contribution in [0.25, 0.3) is 0 Å². The summed E-state index contributed by atoms with van der Waals surface area (Å²) in [7, 11) is -1.29. The van der Waals surface area contributed by atoms with Crippen molar-refractivity contribution in [3.05, 3.63) is 53.2 Å².